The van der Waals surface area contributed by atoms with Crippen molar-refractivity contribution in [3.63, 3.8) is 0 Å². The van der Waals surface area contributed by atoms with Crippen molar-refractivity contribution in [3.05, 3.63) is 12.7 Å². The first-order valence-corrected chi connectivity index (χ1v) is 9.07. The molecular formula is C20H32O3. The van der Waals surface area contributed by atoms with E-state index in [1.54, 1.807) is 0 Å². The summed E-state index contributed by atoms with van der Waals surface area (Å²) in [4.78, 5) is 12.5. The molecule has 6 atom stereocenters. The second kappa shape index (κ2) is 4.92. The van der Waals surface area contributed by atoms with E-state index < -0.39 is 17.1 Å². The summed E-state index contributed by atoms with van der Waals surface area (Å²) in [6.45, 7) is 12.4. The zero-order valence-corrected chi connectivity index (χ0v) is 15.1. The van der Waals surface area contributed by atoms with Crippen LogP contribution in [0.4, 0.5) is 0 Å². The summed E-state index contributed by atoms with van der Waals surface area (Å²) < 4.78 is 0. The van der Waals surface area contributed by atoms with Crippen molar-refractivity contribution in [2.75, 3.05) is 0 Å². The maximum Gasteiger partial charge on any atom is 0.138 e. The summed E-state index contributed by atoms with van der Waals surface area (Å²) in [7, 11) is 0. The summed E-state index contributed by atoms with van der Waals surface area (Å²) in [5, 5.41) is 22.4. The molecule has 3 rings (SSSR count). The van der Waals surface area contributed by atoms with Crippen LogP contribution >= 0.6 is 0 Å². The van der Waals surface area contributed by atoms with E-state index in [9.17, 15) is 15.0 Å². The highest BCUT2D eigenvalue weighted by Gasteiger charge is 2.66. The van der Waals surface area contributed by atoms with Gasteiger partial charge in [-0.2, -0.15) is 0 Å². The average Bonchev–Trinajstić information content (AvgIpc) is 2.47. The first-order chi connectivity index (χ1) is 10.5. The molecule has 2 N–H and O–H groups in total. The molecule has 3 aliphatic carbocycles. The average molecular weight is 320 g/mol. The van der Waals surface area contributed by atoms with Crippen LogP contribution in [0, 0.1) is 28.1 Å². The molecule has 0 bridgehead atoms. The first-order valence-electron chi connectivity index (χ1n) is 9.07. The fourth-order valence-corrected chi connectivity index (χ4v) is 6.31. The molecule has 0 aliphatic heterocycles. The third-order valence-electron chi connectivity index (χ3n) is 7.90. The van der Waals surface area contributed by atoms with Crippen molar-refractivity contribution in [2.24, 2.45) is 28.1 Å². The van der Waals surface area contributed by atoms with Crippen LogP contribution in [0.2, 0.25) is 0 Å². The van der Waals surface area contributed by atoms with Crippen LogP contribution in [0.1, 0.15) is 66.2 Å². The number of allylic oxidation sites excluding steroid dienone is 1. The smallest absolute Gasteiger partial charge is 0.138 e. The molecule has 0 heterocycles. The molecule has 3 aliphatic rings. The van der Waals surface area contributed by atoms with Crippen molar-refractivity contribution in [1.29, 1.82) is 0 Å². The van der Waals surface area contributed by atoms with Gasteiger partial charge in [0.2, 0.25) is 0 Å². The van der Waals surface area contributed by atoms with Crippen LogP contribution in [0.5, 0.6) is 0 Å². The van der Waals surface area contributed by atoms with Gasteiger partial charge in [-0.25, -0.2) is 0 Å². The van der Waals surface area contributed by atoms with Gasteiger partial charge in [0.25, 0.3) is 0 Å². The Morgan fingerprint density at radius 2 is 1.83 bits per heavy atom. The zero-order chi connectivity index (χ0) is 17.3. The highest BCUT2D eigenvalue weighted by Crippen LogP contribution is 2.65. The highest BCUT2D eigenvalue weighted by atomic mass is 16.3. The van der Waals surface area contributed by atoms with Crippen molar-refractivity contribution < 1.29 is 15.0 Å². The minimum atomic E-state index is -1.05. The molecule has 0 unspecified atom stereocenters. The van der Waals surface area contributed by atoms with Crippen LogP contribution in [0.15, 0.2) is 12.7 Å². The Labute approximate surface area is 140 Å². The number of Topliss-reactive ketones (excluding diaryl/α,β-unsaturated/α-hetero) is 1. The summed E-state index contributed by atoms with van der Waals surface area (Å²) >= 11 is 0. The Kier molecular flexibility index (Phi) is 3.67. The lowest BCUT2D eigenvalue weighted by Crippen LogP contribution is -2.68. The van der Waals surface area contributed by atoms with Gasteiger partial charge in [0.05, 0.1) is 11.7 Å². The Bertz CT molecular complexity index is 539. The third-order valence-corrected chi connectivity index (χ3v) is 7.90. The van der Waals surface area contributed by atoms with Gasteiger partial charge in [0, 0.05) is 11.8 Å². The standard InChI is InChI=1S/C20H32O3/c1-6-18(4)9-7-13-19(5)10-8-15(21)17(2,3)14(19)11-16(22)20(13,23)12-18/h6,13-14,16,22-23H,1,7-12H2,2-5H3/t13-,14-,16+,18+,19-,20-/m1/s1. The van der Waals surface area contributed by atoms with E-state index in [1.165, 1.54) is 0 Å². The fourth-order valence-electron chi connectivity index (χ4n) is 6.31. The Morgan fingerprint density at radius 3 is 2.43 bits per heavy atom. The maximum absolute atomic E-state index is 12.5. The van der Waals surface area contributed by atoms with Gasteiger partial charge in [-0.3, -0.25) is 4.79 Å². The van der Waals surface area contributed by atoms with Gasteiger partial charge < -0.3 is 10.2 Å². The Hall–Kier alpha value is -0.670. The van der Waals surface area contributed by atoms with E-state index in [1.807, 2.05) is 19.9 Å². The molecule has 0 aromatic rings. The van der Waals surface area contributed by atoms with E-state index in [2.05, 4.69) is 20.4 Å². The number of ketones is 1. The number of rotatable bonds is 1. The molecule has 3 fully saturated rings. The summed E-state index contributed by atoms with van der Waals surface area (Å²) in [5.41, 5.74) is -1.65. The minimum absolute atomic E-state index is 0.0594. The van der Waals surface area contributed by atoms with Gasteiger partial charge in [-0.1, -0.05) is 33.8 Å². The normalized spacial score (nSPS) is 52.4. The van der Waals surface area contributed by atoms with Gasteiger partial charge in [-0.05, 0) is 54.8 Å². The number of aliphatic hydroxyl groups excluding tert-OH is 1. The predicted molar refractivity (Wildman–Crippen MR) is 90.8 cm³/mol. The third kappa shape index (κ3) is 2.19. The van der Waals surface area contributed by atoms with Gasteiger partial charge in [0.1, 0.15) is 5.78 Å². The van der Waals surface area contributed by atoms with Crippen LogP contribution in [-0.2, 0) is 4.79 Å². The number of fused-ring (bicyclic) bond motifs is 3. The van der Waals surface area contributed by atoms with Crippen LogP contribution in [-0.4, -0.2) is 27.7 Å². The monoisotopic (exact) mass is 320 g/mol. The van der Waals surface area contributed by atoms with Gasteiger partial charge >= 0.3 is 0 Å². The van der Waals surface area contributed by atoms with Gasteiger partial charge in [-0.15, -0.1) is 6.58 Å². The summed E-state index contributed by atoms with van der Waals surface area (Å²) in [6, 6.07) is 0. The van der Waals surface area contributed by atoms with Gasteiger partial charge in [0.15, 0.2) is 0 Å². The number of hydrogen-bond donors (Lipinski definition) is 2. The lowest BCUT2D eigenvalue weighted by Gasteiger charge is -2.65. The first kappa shape index (κ1) is 17.2. The molecule has 0 radical (unpaired) electrons. The van der Waals surface area contributed by atoms with Crippen molar-refractivity contribution in [2.45, 2.75) is 77.9 Å². The minimum Gasteiger partial charge on any atom is -0.390 e. The number of aliphatic hydroxyl groups is 2. The van der Waals surface area contributed by atoms with Crippen LogP contribution < -0.4 is 0 Å². The second-order valence-corrected chi connectivity index (χ2v) is 9.57. The molecule has 0 spiro atoms. The molecule has 23 heavy (non-hydrogen) atoms. The van der Waals surface area contributed by atoms with E-state index in [4.69, 9.17) is 0 Å². The molecule has 0 aromatic heterocycles. The predicted octanol–water partition coefficient (Wildman–Crippen LogP) is 3.49. The number of carbonyl (C=O) groups excluding carboxylic acids is 1. The van der Waals surface area contributed by atoms with Crippen LogP contribution in [0.3, 0.4) is 0 Å². The topological polar surface area (TPSA) is 57.5 Å². The lowest BCUT2D eigenvalue weighted by atomic mass is 9.41. The molecule has 130 valence electrons. The van der Waals surface area contributed by atoms with E-state index in [0.717, 1.165) is 19.3 Å². The van der Waals surface area contributed by atoms with E-state index in [-0.39, 0.29) is 22.7 Å². The maximum atomic E-state index is 12.5. The lowest BCUT2D eigenvalue weighted by molar-refractivity contribution is -0.246. The molecule has 0 amide bonds. The van der Waals surface area contributed by atoms with Crippen LogP contribution in [0.25, 0.3) is 0 Å². The Balaban J connectivity index is 2.03. The highest BCUT2D eigenvalue weighted by molar-refractivity contribution is 5.85. The number of hydrogen-bond acceptors (Lipinski definition) is 3. The molecule has 0 aromatic carbocycles. The summed E-state index contributed by atoms with van der Waals surface area (Å²) in [6.07, 6.45) is 5.61. The summed E-state index contributed by atoms with van der Waals surface area (Å²) in [5.74, 6) is 0.512. The number of carbonyl (C=O) groups is 1. The van der Waals surface area contributed by atoms with E-state index >= 15 is 0 Å². The van der Waals surface area contributed by atoms with Crippen molar-refractivity contribution in [3.8, 4) is 0 Å². The molecule has 3 saturated carbocycles. The van der Waals surface area contributed by atoms with Crippen molar-refractivity contribution in [1.82, 2.24) is 0 Å². The van der Waals surface area contributed by atoms with Crippen molar-refractivity contribution >= 4 is 5.78 Å². The fraction of sp³-hybridized carbons (Fsp3) is 0.850. The Morgan fingerprint density at radius 1 is 1.17 bits per heavy atom. The molecule has 0 saturated heterocycles. The van der Waals surface area contributed by atoms with E-state index in [0.29, 0.717) is 25.0 Å². The molecule has 3 heteroatoms. The SMILES string of the molecule is C=C[C@@]1(C)CC[C@@H]2[C@@]3(C)CCC(=O)C(C)(C)[C@H]3C[C@H](O)[C@@]2(O)C1. The largest absolute Gasteiger partial charge is 0.390 e. The zero-order valence-electron chi connectivity index (χ0n) is 15.1. The molecular weight excluding hydrogens is 288 g/mol. The quantitative estimate of drug-likeness (QED) is 0.727. The second-order valence-electron chi connectivity index (χ2n) is 9.57. The molecule has 3 nitrogen and oxygen atoms in total.